The molecule has 2 N–H and O–H groups in total. The predicted octanol–water partition coefficient (Wildman–Crippen LogP) is 2.77. The van der Waals surface area contributed by atoms with Crippen molar-refractivity contribution in [3.63, 3.8) is 0 Å². The summed E-state index contributed by atoms with van der Waals surface area (Å²) in [5.74, 6) is 0.991. The van der Waals surface area contributed by atoms with Crippen LogP contribution in [0.15, 0.2) is 4.99 Å². The molecule has 0 unspecified atom stereocenters. The molecule has 0 amide bonds. The SMILES string of the molecule is CCCCN(C)CCN=C(NCC)NC1CCN(CCC)CC1.I. The first-order chi connectivity index (χ1) is 11.2. The number of halogens is 1. The average molecular weight is 453 g/mol. The predicted molar refractivity (Wildman–Crippen MR) is 117 cm³/mol. The number of likely N-dealkylation sites (N-methyl/N-ethyl adjacent to an activating group) is 1. The van der Waals surface area contributed by atoms with Gasteiger partial charge in [0, 0.05) is 32.2 Å². The zero-order valence-corrected chi connectivity index (χ0v) is 18.6. The summed E-state index contributed by atoms with van der Waals surface area (Å²) in [5, 5.41) is 7.02. The number of aliphatic imine (C=N–C) groups is 1. The van der Waals surface area contributed by atoms with Gasteiger partial charge in [0.1, 0.15) is 0 Å². The number of nitrogens with one attached hydrogen (secondary N) is 2. The Hall–Kier alpha value is -0.0800. The largest absolute Gasteiger partial charge is 0.357 e. The van der Waals surface area contributed by atoms with Gasteiger partial charge in [0.15, 0.2) is 5.96 Å². The summed E-state index contributed by atoms with van der Waals surface area (Å²) in [6.45, 7) is 14.3. The van der Waals surface area contributed by atoms with Crippen molar-refractivity contribution < 1.29 is 0 Å². The van der Waals surface area contributed by atoms with E-state index in [2.05, 4.69) is 48.3 Å². The normalized spacial score (nSPS) is 17.0. The zero-order chi connectivity index (χ0) is 16.9. The van der Waals surface area contributed by atoms with Crippen molar-refractivity contribution in [3.05, 3.63) is 0 Å². The number of guanidine groups is 1. The highest BCUT2D eigenvalue weighted by atomic mass is 127. The first kappa shape index (κ1) is 23.9. The van der Waals surface area contributed by atoms with Crippen molar-refractivity contribution in [1.82, 2.24) is 20.4 Å². The van der Waals surface area contributed by atoms with Crippen molar-refractivity contribution in [2.24, 2.45) is 4.99 Å². The standard InChI is InChI=1S/C18H39N5.HI/c1-5-8-13-22(4)16-11-20-18(19-7-3)21-17-9-14-23(12-6-2)15-10-17;/h17H,5-16H2,1-4H3,(H2,19,20,21);1H. The number of piperidine rings is 1. The average Bonchev–Trinajstić information content (AvgIpc) is 2.55. The fourth-order valence-electron chi connectivity index (χ4n) is 3.00. The zero-order valence-electron chi connectivity index (χ0n) is 16.3. The molecule has 0 aromatic heterocycles. The lowest BCUT2D eigenvalue weighted by Crippen LogP contribution is -2.49. The van der Waals surface area contributed by atoms with Crippen LogP contribution < -0.4 is 10.6 Å². The Balaban J connectivity index is 0.00000529. The van der Waals surface area contributed by atoms with Crippen molar-refractivity contribution in [3.8, 4) is 0 Å². The molecule has 1 rings (SSSR count). The van der Waals surface area contributed by atoms with Gasteiger partial charge in [-0.05, 0) is 52.7 Å². The molecule has 0 spiro atoms. The first-order valence-corrected chi connectivity index (χ1v) is 9.65. The van der Waals surface area contributed by atoms with E-state index in [1.54, 1.807) is 0 Å². The van der Waals surface area contributed by atoms with Gasteiger partial charge in [-0.1, -0.05) is 20.3 Å². The molecule has 1 saturated heterocycles. The molecule has 1 aliphatic rings. The summed E-state index contributed by atoms with van der Waals surface area (Å²) in [5.41, 5.74) is 0. The number of rotatable bonds is 10. The Bertz CT molecular complexity index is 317. The second kappa shape index (κ2) is 15.2. The molecular weight excluding hydrogens is 413 g/mol. The number of hydrogen-bond donors (Lipinski definition) is 2. The maximum Gasteiger partial charge on any atom is 0.191 e. The van der Waals surface area contributed by atoms with E-state index >= 15 is 0 Å². The molecule has 1 fully saturated rings. The minimum Gasteiger partial charge on any atom is -0.357 e. The molecule has 6 heteroatoms. The minimum absolute atomic E-state index is 0. The van der Waals surface area contributed by atoms with Gasteiger partial charge in [-0.2, -0.15) is 0 Å². The first-order valence-electron chi connectivity index (χ1n) is 9.65. The van der Waals surface area contributed by atoms with Gasteiger partial charge in [-0.15, -0.1) is 24.0 Å². The van der Waals surface area contributed by atoms with Crippen LogP contribution in [0, 0.1) is 0 Å². The minimum atomic E-state index is 0. The van der Waals surface area contributed by atoms with Crippen LogP contribution in [0.2, 0.25) is 0 Å². The van der Waals surface area contributed by atoms with Crippen LogP contribution in [0.3, 0.4) is 0 Å². The highest BCUT2D eigenvalue weighted by molar-refractivity contribution is 14.0. The van der Waals surface area contributed by atoms with Crippen molar-refractivity contribution in [2.75, 3.05) is 52.9 Å². The fourth-order valence-corrected chi connectivity index (χ4v) is 3.00. The van der Waals surface area contributed by atoms with Crippen LogP contribution in [0.5, 0.6) is 0 Å². The molecule has 0 saturated carbocycles. The van der Waals surface area contributed by atoms with E-state index in [-0.39, 0.29) is 24.0 Å². The van der Waals surface area contributed by atoms with Gasteiger partial charge in [0.05, 0.1) is 6.54 Å². The van der Waals surface area contributed by atoms with E-state index in [1.807, 2.05) is 0 Å². The van der Waals surface area contributed by atoms with Crippen LogP contribution in [0.1, 0.15) is 52.9 Å². The summed E-state index contributed by atoms with van der Waals surface area (Å²) in [4.78, 5) is 9.70. The van der Waals surface area contributed by atoms with E-state index in [4.69, 9.17) is 4.99 Å². The second-order valence-corrected chi connectivity index (χ2v) is 6.68. The third kappa shape index (κ3) is 10.7. The Morgan fingerprint density at radius 2 is 1.83 bits per heavy atom. The third-order valence-electron chi connectivity index (χ3n) is 4.46. The van der Waals surface area contributed by atoms with Crippen molar-refractivity contribution >= 4 is 29.9 Å². The molecule has 1 heterocycles. The lowest BCUT2D eigenvalue weighted by Gasteiger charge is -2.32. The molecule has 5 nitrogen and oxygen atoms in total. The highest BCUT2D eigenvalue weighted by Gasteiger charge is 2.19. The smallest absolute Gasteiger partial charge is 0.191 e. The van der Waals surface area contributed by atoms with Crippen molar-refractivity contribution in [1.29, 1.82) is 0 Å². The van der Waals surface area contributed by atoms with Crippen LogP contribution in [-0.4, -0.2) is 74.7 Å². The molecule has 0 aromatic rings. The van der Waals surface area contributed by atoms with Gasteiger partial charge >= 0.3 is 0 Å². The fraction of sp³-hybridized carbons (Fsp3) is 0.944. The lowest BCUT2D eigenvalue weighted by molar-refractivity contribution is 0.206. The lowest BCUT2D eigenvalue weighted by atomic mass is 10.1. The number of hydrogen-bond acceptors (Lipinski definition) is 3. The Morgan fingerprint density at radius 1 is 1.12 bits per heavy atom. The maximum absolute atomic E-state index is 4.75. The van der Waals surface area contributed by atoms with Crippen LogP contribution in [0.25, 0.3) is 0 Å². The van der Waals surface area contributed by atoms with E-state index in [0.29, 0.717) is 6.04 Å². The van der Waals surface area contributed by atoms with Gasteiger partial charge in [-0.3, -0.25) is 4.99 Å². The molecule has 0 aromatic carbocycles. The van der Waals surface area contributed by atoms with E-state index < -0.39 is 0 Å². The van der Waals surface area contributed by atoms with Gasteiger partial charge in [-0.25, -0.2) is 0 Å². The number of unbranched alkanes of at least 4 members (excludes halogenated alkanes) is 1. The van der Waals surface area contributed by atoms with E-state index in [1.165, 1.54) is 58.3 Å². The Labute approximate surface area is 167 Å². The summed E-state index contributed by atoms with van der Waals surface area (Å²) >= 11 is 0. The van der Waals surface area contributed by atoms with E-state index in [9.17, 15) is 0 Å². The Morgan fingerprint density at radius 3 is 2.42 bits per heavy atom. The molecule has 24 heavy (non-hydrogen) atoms. The third-order valence-corrected chi connectivity index (χ3v) is 4.46. The van der Waals surface area contributed by atoms with Gasteiger partial charge in [0.25, 0.3) is 0 Å². The number of nitrogens with zero attached hydrogens (tertiary/aromatic N) is 3. The van der Waals surface area contributed by atoms with Gasteiger partial charge < -0.3 is 20.4 Å². The Kier molecular flexibility index (Phi) is 15.1. The topological polar surface area (TPSA) is 42.9 Å². The van der Waals surface area contributed by atoms with Crippen LogP contribution in [0.4, 0.5) is 0 Å². The van der Waals surface area contributed by atoms with E-state index in [0.717, 1.165) is 25.6 Å². The summed E-state index contributed by atoms with van der Waals surface area (Å²) in [6.07, 6.45) is 6.23. The van der Waals surface area contributed by atoms with Crippen LogP contribution >= 0.6 is 24.0 Å². The monoisotopic (exact) mass is 453 g/mol. The molecule has 1 aliphatic heterocycles. The van der Waals surface area contributed by atoms with Crippen molar-refractivity contribution in [2.45, 2.75) is 58.9 Å². The molecule has 0 aliphatic carbocycles. The molecule has 144 valence electrons. The molecule has 0 radical (unpaired) electrons. The molecular formula is C18H40IN5. The summed E-state index contributed by atoms with van der Waals surface area (Å²) in [7, 11) is 2.19. The van der Waals surface area contributed by atoms with Gasteiger partial charge in [0.2, 0.25) is 0 Å². The maximum atomic E-state index is 4.75. The highest BCUT2D eigenvalue weighted by Crippen LogP contribution is 2.10. The number of likely N-dealkylation sites (tertiary alicyclic amines) is 1. The molecule has 0 atom stereocenters. The summed E-state index contributed by atoms with van der Waals surface area (Å²) in [6, 6.07) is 0.568. The van der Waals surface area contributed by atoms with Crippen LogP contribution in [-0.2, 0) is 0 Å². The molecule has 0 bridgehead atoms. The summed E-state index contributed by atoms with van der Waals surface area (Å²) < 4.78 is 0. The quantitative estimate of drug-likeness (QED) is 0.303. The second-order valence-electron chi connectivity index (χ2n) is 6.68.